The van der Waals surface area contributed by atoms with Crippen molar-refractivity contribution in [3.05, 3.63) is 0 Å². The van der Waals surface area contributed by atoms with Crippen LogP contribution in [0.4, 0.5) is 0 Å². The number of nitrogens with one attached hydrogen (secondary N) is 1. The number of hydrogen-bond donors (Lipinski definition) is 3. The highest BCUT2D eigenvalue weighted by molar-refractivity contribution is 7.55. The Morgan fingerprint density at radius 1 is 0.862 bits per heavy atom. The molecule has 0 amide bonds. The van der Waals surface area contributed by atoms with E-state index in [0.29, 0.717) is 17.4 Å². The lowest BCUT2D eigenvalue weighted by Crippen LogP contribution is -2.47. The molecule has 0 aromatic rings. The smallest absolute Gasteiger partial charge is 0.305 e. The fourth-order valence-corrected chi connectivity index (χ4v) is 5.24. The third-order valence-electron chi connectivity index (χ3n) is 5.14. The SMILES string of the molecule is CCCCCCCCCCCCCCCP(=O)(O)NC(CC(=O)O)C[N+](C)(C)C. The molecule has 3 N–H and O–H groups in total. The first kappa shape index (κ1) is 28.6. The van der Waals surface area contributed by atoms with Gasteiger partial charge in [-0.1, -0.05) is 84.0 Å². The van der Waals surface area contributed by atoms with Crippen molar-refractivity contribution in [2.45, 2.75) is 103 Å². The Hall–Kier alpha value is -0.420. The number of carboxylic acid groups (broad SMARTS) is 1. The minimum Gasteiger partial charge on any atom is -0.481 e. The molecular weight excluding hydrogens is 387 g/mol. The van der Waals surface area contributed by atoms with Gasteiger partial charge in [0.25, 0.3) is 7.52 Å². The van der Waals surface area contributed by atoms with Gasteiger partial charge in [0.2, 0.25) is 0 Å². The number of nitrogens with zero attached hydrogens (tertiary/aromatic N) is 1. The minimum atomic E-state index is -3.50. The molecule has 0 saturated carbocycles. The molecule has 29 heavy (non-hydrogen) atoms. The van der Waals surface area contributed by atoms with Crippen molar-refractivity contribution in [2.24, 2.45) is 0 Å². The van der Waals surface area contributed by atoms with Crippen LogP contribution >= 0.6 is 7.52 Å². The normalized spacial score (nSPS) is 15.2. The highest BCUT2D eigenvalue weighted by Gasteiger charge is 2.28. The highest BCUT2D eigenvalue weighted by atomic mass is 31.2. The van der Waals surface area contributed by atoms with Crippen LogP contribution in [0.3, 0.4) is 0 Å². The molecular formula is C22H48N2O4P+. The summed E-state index contributed by atoms with van der Waals surface area (Å²) in [6.07, 6.45) is 16.1. The van der Waals surface area contributed by atoms with E-state index in [1.54, 1.807) is 0 Å². The van der Waals surface area contributed by atoms with Gasteiger partial charge in [-0.2, -0.15) is 0 Å². The van der Waals surface area contributed by atoms with Gasteiger partial charge in [-0.15, -0.1) is 0 Å². The zero-order chi connectivity index (χ0) is 22.2. The van der Waals surface area contributed by atoms with E-state index < -0.39 is 19.5 Å². The van der Waals surface area contributed by atoms with Gasteiger partial charge < -0.3 is 14.5 Å². The second-order valence-corrected chi connectivity index (χ2v) is 11.7. The molecule has 0 spiro atoms. The van der Waals surface area contributed by atoms with Gasteiger partial charge in [-0.05, 0) is 6.42 Å². The zero-order valence-electron chi connectivity index (χ0n) is 19.5. The Kier molecular flexibility index (Phi) is 16.1. The standard InChI is InChI=1S/C22H47N2O4P/c1-5-6-7-8-9-10-11-12-13-14-15-16-17-18-29(27,28)23-21(19-22(25)26)20-24(2,3)4/h21H,5-20H2,1-4H3,(H2-,23,25,26,27,28)/p+1. The largest absolute Gasteiger partial charge is 0.481 e. The lowest BCUT2D eigenvalue weighted by Gasteiger charge is -2.30. The fraction of sp³-hybridized carbons (Fsp3) is 0.955. The topological polar surface area (TPSA) is 86.6 Å². The van der Waals surface area contributed by atoms with Crippen LogP contribution in [0.5, 0.6) is 0 Å². The summed E-state index contributed by atoms with van der Waals surface area (Å²) in [5.41, 5.74) is 0. The van der Waals surface area contributed by atoms with E-state index in [9.17, 15) is 14.3 Å². The number of carbonyl (C=O) groups is 1. The van der Waals surface area contributed by atoms with E-state index in [2.05, 4.69) is 12.0 Å². The Labute approximate surface area is 179 Å². The quantitative estimate of drug-likeness (QED) is 0.135. The second kappa shape index (κ2) is 16.3. The Morgan fingerprint density at radius 3 is 1.66 bits per heavy atom. The first-order valence-electron chi connectivity index (χ1n) is 11.7. The second-order valence-electron chi connectivity index (χ2n) is 9.56. The molecule has 0 radical (unpaired) electrons. The molecule has 174 valence electrons. The Bertz CT molecular complexity index is 466. The van der Waals surface area contributed by atoms with Crippen LogP contribution in [-0.4, -0.2) is 60.3 Å². The molecule has 0 saturated heterocycles. The van der Waals surface area contributed by atoms with Crippen molar-refractivity contribution < 1.29 is 23.8 Å². The van der Waals surface area contributed by atoms with Gasteiger partial charge in [0, 0.05) is 6.16 Å². The number of unbranched alkanes of at least 4 members (excludes halogenated alkanes) is 12. The summed E-state index contributed by atoms with van der Waals surface area (Å²) in [4.78, 5) is 21.3. The van der Waals surface area contributed by atoms with Crippen molar-refractivity contribution in [3.8, 4) is 0 Å². The van der Waals surface area contributed by atoms with Crippen molar-refractivity contribution in [1.82, 2.24) is 5.09 Å². The van der Waals surface area contributed by atoms with Crippen LogP contribution in [0.15, 0.2) is 0 Å². The minimum absolute atomic E-state index is 0.140. The molecule has 0 fully saturated rings. The molecule has 6 nitrogen and oxygen atoms in total. The Morgan fingerprint density at radius 2 is 1.28 bits per heavy atom. The number of aliphatic carboxylic acids is 1. The molecule has 0 aromatic heterocycles. The van der Waals surface area contributed by atoms with Crippen LogP contribution in [-0.2, 0) is 9.36 Å². The van der Waals surface area contributed by atoms with Crippen molar-refractivity contribution in [2.75, 3.05) is 33.8 Å². The van der Waals surface area contributed by atoms with E-state index >= 15 is 0 Å². The lowest BCUT2D eigenvalue weighted by molar-refractivity contribution is -0.871. The number of likely N-dealkylation sites (N-methyl/N-ethyl adjacent to an activating group) is 1. The fourth-order valence-electron chi connectivity index (χ4n) is 3.72. The maximum absolute atomic E-state index is 12.4. The highest BCUT2D eigenvalue weighted by Crippen LogP contribution is 2.38. The Balaban J connectivity index is 3.82. The third-order valence-corrected chi connectivity index (χ3v) is 6.83. The summed E-state index contributed by atoms with van der Waals surface area (Å²) < 4.78 is 13.0. The average Bonchev–Trinajstić information content (AvgIpc) is 2.56. The molecule has 2 atom stereocenters. The van der Waals surface area contributed by atoms with Crippen molar-refractivity contribution in [3.63, 3.8) is 0 Å². The molecule has 0 heterocycles. The predicted molar refractivity (Wildman–Crippen MR) is 122 cm³/mol. The van der Waals surface area contributed by atoms with E-state index in [-0.39, 0.29) is 12.6 Å². The van der Waals surface area contributed by atoms with Gasteiger partial charge in [-0.3, -0.25) is 9.36 Å². The van der Waals surface area contributed by atoms with Crippen LogP contribution < -0.4 is 5.09 Å². The van der Waals surface area contributed by atoms with E-state index in [1.165, 1.54) is 64.2 Å². The van der Waals surface area contributed by atoms with Gasteiger partial charge >= 0.3 is 5.97 Å². The first-order valence-corrected chi connectivity index (χ1v) is 13.5. The van der Waals surface area contributed by atoms with Crippen LogP contribution in [0.1, 0.15) is 96.8 Å². The average molecular weight is 436 g/mol. The van der Waals surface area contributed by atoms with Gasteiger partial charge in [-0.25, -0.2) is 5.09 Å². The molecule has 0 aliphatic heterocycles. The molecule has 0 aromatic carbocycles. The molecule has 0 bridgehead atoms. The van der Waals surface area contributed by atoms with Crippen LogP contribution in [0.25, 0.3) is 0 Å². The molecule has 0 aliphatic rings. The summed E-state index contributed by atoms with van der Waals surface area (Å²) in [5, 5.41) is 11.8. The summed E-state index contributed by atoms with van der Waals surface area (Å²) in [5.74, 6) is -0.947. The summed E-state index contributed by atoms with van der Waals surface area (Å²) in [6.45, 7) is 2.74. The predicted octanol–water partition coefficient (Wildman–Crippen LogP) is 5.40. The number of carboxylic acids is 1. The van der Waals surface area contributed by atoms with Crippen LogP contribution in [0, 0.1) is 0 Å². The third kappa shape index (κ3) is 20.6. The lowest BCUT2D eigenvalue weighted by atomic mass is 10.1. The summed E-state index contributed by atoms with van der Waals surface area (Å²) in [7, 11) is 2.35. The van der Waals surface area contributed by atoms with E-state index in [0.717, 1.165) is 12.8 Å². The summed E-state index contributed by atoms with van der Waals surface area (Å²) >= 11 is 0. The molecule has 0 aliphatic carbocycles. The van der Waals surface area contributed by atoms with Crippen molar-refractivity contribution in [1.29, 1.82) is 0 Å². The number of rotatable bonds is 20. The zero-order valence-corrected chi connectivity index (χ0v) is 20.4. The van der Waals surface area contributed by atoms with E-state index in [4.69, 9.17) is 5.11 Å². The maximum Gasteiger partial charge on any atom is 0.305 e. The van der Waals surface area contributed by atoms with Gasteiger partial charge in [0.1, 0.15) is 0 Å². The van der Waals surface area contributed by atoms with Gasteiger partial charge in [0.05, 0.1) is 40.2 Å². The molecule has 0 rings (SSSR count). The van der Waals surface area contributed by atoms with Crippen LogP contribution in [0.2, 0.25) is 0 Å². The van der Waals surface area contributed by atoms with Gasteiger partial charge in [0.15, 0.2) is 0 Å². The monoisotopic (exact) mass is 435 g/mol. The van der Waals surface area contributed by atoms with Crippen molar-refractivity contribution >= 4 is 13.5 Å². The molecule has 2 unspecified atom stereocenters. The molecule has 7 heteroatoms. The van der Waals surface area contributed by atoms with E-state index in [1.807, 2.05) is 21.1 Å². The number of quaternary nitrogens is 1. The maximum atomic E-state index is 12.4. The number of hydrogen-bond acceptors (Lipinski definition) is 2. The summed E-state index contributed by atoms with van der Waals surface area (Å²) in [6, 6.07) is -0.495. The first-order chi connectivity index (χ1) is 13.6.